The van der Waals surface area contributed by atoms with Crippen LogP contribution in [-0.4, -0.2) is 29.1 Å². The average molecular weight is 298 g/mol. The highest BCUT2D eigenvalue weighted by Crippen LogP contribution is 2.18. The topological polar surface area (TPSA) is 78.4 Å². The molecule has 0 saturated heterocycles. The number of hydrogen-bond acceptors (Lipinski definition) is 3. The van der Waals surface area contributed by atoms with E-state index < -0.39 is 23.4 Å². The van der Waals surface area contributed by atoms with Crippen molar-refractivity contribution in [2.75, 3.05) is 5.32 Å². The van der Waals surface area contributed by atoms with E-state index >= 15 is 0 Å². The summed E-state index contributed by atoms with van der Waals surface area (Å²) in [5, 5.41) is 13.9. The van der Waals surface area contributed by atoms with E-state index in [1.54, 1.807) is 0 Å². The third-order valence-corrected chi connectivity index (χ3v) is 3.41. The zero-order valence-electron chi connectivity index (χ0n) is 11.2. The van der Waals surface area contributed by atoms with Gasteiger partial charge in [-0.15, -0.1) is 0 Å². The standard InChI is InChI=1S/C14H16F2N2O3/c15-8-1-6-11(16)12(7-8)18-14(21)13(20)17-9-2-4-10(19)5-3-9/h1,6-7,9-10,19H,2-5H2,(H,17,20)(H,18,21). The van der Waals surface area contributed by atoms with Crippen LogP contribution in [0.1, 0.15) is 25.7 Å². The van der Waals surface area contributed by atoms with Crippen molar-refractivity contribution in [3.05, 3.63) is 29.8 Å². The highest BCUT2D eigenvalue weighted by molar-refractivity contribution is 6.39. The molecule has 0 radical (unpaired) electrons. The van der Waals surface area contributed by atoms with E-state index in [-0.39, 0.29) is 17.8 Å². The highest BCUT2D eigenvalue weighted by atomic mass is 19.1. The summed E-state index contributed by atoms with van der Waals surface area (Å²) in [7, 11) is 0. The van der Waals surface area contributed by atoms with Crippen LogP contribution in [0.2, 0.25) is 0 Å². The molecule has 7 heteroatoms. The van der Waals surface area contributed by atoms with Gasteiger partial charge in [0.2, 0.25) is 0 Å². The molecule has 0 heterocycles. The van der Waals surface area contributed by atoms with Crippen LogP contribution in [0.25, 0.3) is 0 Å². The lowest BCUT2D eigenvalue weighted by atomic mass is 9.93. The Kier molecular flexibility index (Phi) is 4.85. The van der Waals surface area contributed by atoms with Crippen LogP contribution in [0.3, 0.4) is 0 Å². The molecule has 21 heavy (non-hydrogen) atoms. The molecule has 1 aromatic carbocycles. The molecule has 1 aliphatic rings. The Morgan fingerprint density at radius 1 is 1.10 bits per heavy atom. The van der Waals surface area contributed by atoms with E-state index in [1.165, 1.54) is 0 Å². The molecule has 114 valence electrons. The molecule has 0 spiro atoms. The van der Waals surface area contributed by atoms with Gasteiger partial charge in [-0.3, -0.25) is 9.59 Å². The summed E-state index contributed by atoms with van der Waals surface area (Å²) >= 11 is 0. The van der Waals surface area contributed by atoms with Crippen LogP contribution in [0.5, 0.6) is 0 Å². The fraction of sp³-hybridized carbons (Fsp3) is 0.429. The van der Waals surface area contributed by atoms with Crippen molar-refractivity contribution in [2.45, 2.75) is 37.8 Å². The smallest absolute Gasteiger partial charge is 0.313 e. The quantitative estimate of drug-likeness (QED) is 0.721. The van der Waals surface area contributed by atoms with E-state index in [1.807, 2.05) is 5.32 Å². The van der Waals surface area contributed by atoms with Gasteiger partial charge in [-0.2, -0.15) is 0 Å². The summed E-state index contributed by atoms with van der Waals surface area (Å²) in [4.78, 5) is 23.3. The maximum atomic E-state index is 13.4. The molecule has 0 atom stereocenters. The van der Waals surface area contributed by atoms with E-state index in [0.29, 0.717) is 25.7 Å². The van der Waals surface area contributed by atoms with Crippen LogP contribution in [0, 0.1) is 11.6 Å². The van der Waals surface area contributed by atoms with Crippen LogP contribution in [0.15, 0.2) is 18.2 Å². The van der Waals surface area contributed by atoms with Crippen molar-refractivity contribution in [1.82, 2.24) is 5.32 Å². The number of carbonyl (C=O) groups excluding carboxylic acids is 2. The molecule has 0 unspecified atom stereocenters. The lowest BCUT2D eigenvalue weighted by Gasteiger charge is -2.25. The van der Waals surface area contributed by atoms with Crippen molar-refractivity contribution in [3.63, 3.8) is 0 Å². The molecule has 1 saturated carbocycles. The second-order valence-corrected chi connectivity index (χ2v) is 5.06. The zero-order valence-corrected chi connectivity index (χ0v) is 11.2. The van der Waals surface area contributed by atoms with Crippen molar-refractivity contribution in [2.24, 2.45) is 0 Å². The number of anilines is 1. The first-order valence-electron chi connectivity index (χ1n) is 6.70. The Bertz CT molecular complexity index is 543. The monoisotopic (exact) mass is 298 g/mol. The number of aliphatic hydroxyl groups excluding tert-OH is 1. The van der Waals surface area contributed by atoms with E-state index in [2.05, 4.69) is 5.32 Å². The van der Waals surface area contributed by atoms with Gasteiger partial charge in [0, 0.05) is 12.1 Å². The van der Waals surface area contributed by atoms with Gasteiger partial charge in [-0.05, 0) is 37.8 Å². The maximum absolute atomic E-state index is 13.4. The lowest BCUT2D eigenvalue weighted by Crippen LogP contribution is -2.44. The number of hydrogen-bond donors (Lipinski definition) is 3. The molecular weight excluding hydrogens is 282 g/mol. The Morgan fingerprint density at radius 2 is 1.76 bits per heavy atom. The van der Waals surface area contributed by atoms with Crippen molar-refractivity contribution >= 4 is 17.5 Å². The number of amides is 2. The summed E-state index contributed by atoms with van der Waals surface area (Å²) in [6, 6.07) is 2.39. The Hall–Kier alpha value is -2.02. The van der Waals surface area contributed by atoms with E-state index in [9.17, 15) is 23.5 Å². The Balaban J connectivity index is 1.90. The molecular formula is C14H16F2N2O3. The maximum Gasteiger partial charge on any atom is 0.313 e. The summed E-state index contributed by atoms with van der Waals surface area (Å²) in [5.41, 5.74) is -0.380. The third-order valence-electron chi connectivity index (χ3n) is 3.41. The number of nitrogens with one attached hydrogen (secondary N) is 2. The second kappa shape index (κ2) is 6.62. The minimum Gasteiger partial charge on any atom is -0.393 e. The molecule has 5 nitrogen and oxygen atoms in total. The number of benzene rings is 1. The molecule has 0 aliphatic heterocycles. The first kappa shape index (κ1) is 15.4. The fourth-order valence-corrected chi connectivity index (χ4v) is 2.24. The summed E-state index contributed by atoms with van der Waals surface area (Å²) in [6.45, 7) is 0. The van der Waals surface area contributed by atoms with E-state index in [0.717, 1.165) is 18.2 Å². The Morgan fingerprint density at radius 3 is 2.43 bits per heavy atom. The van der Waals surface area contributed by atoms with Crippen LogP contribution in [-0.2, 0) is 9.59 Å². The average Bonchev–Trinajstić information content (AvgIpc) is 2.45. The molecule has 3 N–H and O–H groups in total. The van der Waals surface area contributed by atoms with Gasteiger partial charge in [0.25, 0.3) is 0 Å². The van der Waals surface area contributed by atoms with Gasteiger partial charge in [0.15, 0.2) is 0 Å². The van der Waals surface area contributed by atoms with Gasteiger partial charge < -0.3 is 15.7 Å². The predicted octanol–water partition coefficient (Wildman–Crippen LogP) is 1.32. The van der Waals surface area contributed by atoms with Crippen LogP contribution in [0.4, 0.5) is 14.5 Å². The minimum atomic E-state index is -1.05. The van der Waals surface area contributed by atoms with E-state index in [4.69, 9.17) is 0 Å². The highest BCUT2D eigenvalue weighted by Gasteiger charge is 2.24. The van der Waals surface area contributed by atoms with Crippen molar-refractivity contribution in [3.8, 4) is 0 Å². The van der Waals surface area contributed by atoms with Crippen molar-refractivity contribution < 1.29 is 23.5 Å². The van der Waals surface area contributed by atoms with Gasteiger partial charge in [-0.25, -0.2) is 8.78 Å². The van der Waals surface area contributed by atoms with Gasteiger partial charge in [0.05, 0.1) is 11.8 Å². The van der Waals surface area contributed by atoms with Crippen molar-refractivity contribution in [1.29, 1.82) is 0 Å². The number of aliphatic hydroxyl groups is 1. The molecule has 1 fully saturated rings. The lowest BCUT2D eigenvalue weighted by molar-refractivity contribution is -0.136. The SMILES string of the molecule is O=C(Nc1cc(F)ccc1F)C(=O)NC1CCC(O)CC1. The summed E-state index contributed by atoms with van der Waals surface area (Å²) < 4.78 is 26.3. The van der Waals surface area contributed by atoms with Gasteiger partial charge >= 0.3 is 11.8 Å². The van der Waals surface area contributed by atoms with Crippen LogP contribution < -0.4 is 10.6 Å². The first-order chi connectivity index (χ1) is 9.95. The normalized spacial score (nSPS) is 21.7. The molecule has 0 aromatic heterocycles. The van der Waals surface area contributed by atoms with Crippen LogP contribution >= 0.6 is 0 Å². The number of rotatable bonds is 2. The first-order valence-corrected chi connectivity index (χ1v) is 6.70. The summed E-state index contributed by atoms with van der Waals surface area (Å²) in [6.07, 6.45) is 1.91. The molecule has 1 aromatic rings. The Labute approximate surface area is 120 Å². The summed E-state index contributed by atoms with van der Waals surface area (Å²) in [5.74, 6) is -3.49. The third kappa shape index (κ3) is 4.22. The molecule has 2 amide bonds. The van der Waals surface area contributed by atoms with Gasteiger partial charge in [0.1, 0.15) is 11.6 Å². The minimum absolute atomic E-state index is 0.191. The zero-order chi connectivity index (χ0) is 15.4. The molecule has 0 bridgehead atoms. The molecule has 1 aliphatic carbocycles. The number of carbonyl (C=O) groups is 2. The second-order valence-electron chi connectivity index (χ2n) is 5.06. The number of halogens is 2. The largest absolute Gasteiger partial charge is 0.393 e. The fourth-order valence-electron chi connectivity index (χ4n) is 2.24. The van der Waals surface area contributed by atoms with Gasteiger partial charge in [-0.1, -0.05) is 0 Å². The predicted molar refractivity (Wildman–Crippen MR) is 71.4 cm³/mol. The molecule has 2 rings (SSSR count).